The normalized spacial score (nSPS) is 28.0. The van der Waals surface area contributed by atoms with Gasteiger partial charge < -0.3 is 14.0 Å². The molecule has 0 aromatic rings. The summed E-state index contributed by atoms with van der Waals surface area (Å²) in [4.78, 5) is 0. The quantitative estimate of drug-likeness (QED) is 0.489. The van der Waals surface area contributed by atoms with Crippen molar-refractivity contribution in [2.75, 3.05) is 19.8 Å². The lowest BCUT2D eigenvalue weighted by Gasteiger charge is -2.35. The first kappa shape index (κ1) is 17.3. The van der Waals surface area contributed by atoms with Gasteiger partial charge in [0.2, 0.25) is 0 Å². The molecule has 2 fully saturated rings. The van der Waals surface area contributed by atoms with E-state index in [1.165, 1.54) is 51.4 Å². The molecule has 0 aromatic heterocycles. The molecule has 1 aliphatic carbocycles. The molecule has 0 unspecified atom stereocenters. The van der Waals surface area contributed by atoms with Crippen molar-refractivity contribution in [2.45, 2.75) is 83.6 Å². The largest absolute Gasteiger partial charge is 0.460 e. The van der Waals surface area contributed by atoms with Crippen molar-refractivity contribution in [2.24, 2.45) is 5.92 Å². The maximum atomic E-state index is 6.01. The van der Waals surface area contributed by atoms with Crippen LogP contribution in [0.25, 0.3) is 0 Å². The van der Waals surface area contributed by atoms with Crippen molar-refractivity contribution in [3.8, 4) is 0 Å². The van der Waals surface area contributed by atoms with Crippen LogP contribution < -0.4 is 0 Å². The van der Waals surface area contributed by atoms with Crippen molar-refractivity contribution in [3.05, 3.63) is 0 Å². The third-order valence-corrected chi connectivity index (χ3v) is 4.87. The van der Waals surface area contributed by atoms with E-state index >= 15 is 0 Å². The third-order valence-electron chi connectivity index (χ3n) is 4.87. The first-order chi connectivity index (χ1) is 10.3. The summed E-state index contributed by atoms with van der Waals surface area (Å²) in [6, 6.07) is 0. The highest BCUT2D eigenvalue weighted by molar-refractivity contribution is 6.46. The molecule has 3 nitrogen and oxygen atoms in total. The summed E-state index contributed by atoms with van der Waals surface area (Å²) < 4.78 is 17.9. The lowest BCUT2D eigenvalue weighted by Crippen LogP contribution is -2.40. The van der Waals surface area contributed by atoms with Gasteiger partial charge in [-0.3, -0.25) is 0 Å². The SMILES string of the molecule is CCCCCC1COB(C2CCC(OCCC)CC2)OC1. The van der Waals surface area contributed by atoms with E-state index in [2.05, 4.69) is 13.8 Å². The minimum Gasteiger partial charge on any atom is -0.411 e. The molecule has 0 N–H and O–H groups in total. The van der Waals surface area contributed by atoms with Gasteiger partial charge >= 0.3 is 7.12 Å². The fraction of sp³-hybridized carbons (Fsp3) is 1.00. The summed E-state index contributed by atoms with van der Waals surface area (Å²) >= 11 is 0. The van der Waals surface area contributed by atoms with Crippen LogP contribution >= 0.6 is 0 Å². The van der Waals surface area contributed by atoms with E-state index < -0.39 is 0 Å². The van der Waals surface area contributed by atoms with Crippen LogP contribution in [0.2, 0.25) is 5.82 Å². The highest BCUT2D eigenvalue weighted by atomic mass is 16.6. The Morgan fingerprint density at radius 2 is 1.67 bits per heavy atom. The van der Waals surface area contributed by atoms with Crippen LogP contribution in [0.15, 0.2) is 0 Å². The van der Waals surface area contributed by atoms with Crippen molar-refractivity contribution < 1.29 is 14.0 Å². The first-order valence-electron chi connectivity index (χ1n) is 9.18. The fourth-order valence-electron chi connectivity index (χ4n) is 3.49. The predicted molar refractivity (Wildman–Crippen MR) is 87.5 cm³/mol. The zero-order chi connectivity index (χ0) is 14.9. The van der Waals surface area contributed by atoms with Gasteiger partial charge in [0.25, 0.3) is 0 Å². The number of ether oxygens (including phenoxy) is 1. The van der Waals surface area contributed by atoms with Gasteiger partial charge in [-0.15, -0.1) is 0 Å². The van der Waals surface area contributed by atoms with E-state index in [-0.39, 0.29) is 7.12 Å². The molecule has 0 spiro atoms. The molecule has 1 heterocycles. The Kier molecular flexibility index (Phi) is 8.12. The molecule has 1 saturated heterocycles. The molecule has 122 valence electrons. The van der Waals surface area contributed by atoms with Crippen molar-refractivity contribution in [1.29, 1.82) is 0 Å². The molecule has 1 aliphatic heterocycles. The Bertz CT molecular complexity index is 259. The van der Waals surface area contributed by atoms with Crippen LogP contribution in [0.1, 0.15) is 71.6 Å². The van der Waals surface area contributed by atoms with Gasteiger partial charge in [0.05, 0.1) is 6.10 Å². The topological polar surface area (TPSA) is 27.7 Å². The molecule has 0 amide bonds. The highest BCUT2D eigenvalue weighted by Gasteiger charge is 2.37. The zero-order valence-corrected chi connectivity index (χ0v) is 14.0. The van der Waals surface area contributed by atoms with Crippen LogP contribution in [0, 0.1) is 5.92 Å². The number of unbranched alkanes of at least 4 members (excludes halogenated alkanes) is 2. The summed E-state index contributed by atoms with van der Waals surface area (Å²) in [6.07, 6.45) is 11.5. The smallest absolute Gasteiger partial charge is 0.411 e. The van der Waals surface area contributed by atoms with E-state index in [1.807, 2.05) is 0 Å². The molecule has 2 aliphatic rings. The van der Waals surface area contributed by atoms with Crippen LogP contribution in [0.4, 0.5) is 0 Å². The van der Waals surface area contributed by atoms with Gasteiger partial charge in [0.15, 0.2) is 0 Å². The molecule has 0 aromatic carbocycles. The summed E-state index contributed by atoms with van der Waals surface area (Å²) in [5.74, 6) is 1.21. The fourth-order valence-corrected chi connectivity index (χ4v) is 3.49. The van der Waals surface area contributed by atoms with Gasteiger partial charge in [-0.25, -0.2) is 0 Å². The van der Waals surface area contributed by atoms with Crippen LogP contribution in [0.3, 0.4) is 0 Å². The first-order valence-corrected chi connectivity index (χ1v) is 9.18. The average Bonchev–Trinajstić information content (AvgIpc) is 2.54. The maximum absolute atomic E-state index is 6.01. The standard InChI is InChI=1S/C17H33BO3/c1-3-5-6-7-15-13-20-18(21-14-15)16-8-10-17(11-9-16)19-12-4-2/h15-17H,3-14H2,1-2H3. The molecule has 0 radical (unpaired) electrons. The number of rotatable bonds is 8. The summed E-state index contributed by atoms with van der Waals surface area (Å²) in [6.45, 7) is 7.14. The monoisotopic (exact) mass is 296 g/mol. The van der Waals surface area contributed by atoms with Gasteiger partial charge in [0.1, 0.15) is 0 Å². The molecule has 0 bridgehead atoms. The Labute approximate surface area is 131 Å². The summed E-state index contributed by atoms with van der Waals surface area (Å²) in [5.41, 5.74) is 0. The molecular weight excluding hydrogens is 263 g/mol. The van der Waals surface area contributed by atoms with E-state index in [0.717, 1.165) is 26.2 Å². The van der Waals surface area contributed by atoms with E-state index in [4.69, 9.17) is 14.0 Å². The van der Waals surface area contributed by atoms with E-state index in [9.17, 15) is 0 Å². The summed E-state index contributed by atoms with van der Waals surface area (Å²) in [5, 5.41) is 0. The number of hydrogen-bond donors (Lipinski definition) is 0. The van der Waals surface area contributed by atoms with Gasteiger partial charge in [0, 0.05) is 25.7 Å². The Morgan fingerprint density at radius 1 is 0.952 bits per heavy atom. The van der Waals surface area contributed by atoms with Gasteiger partial charge in [-0.05, 0) is 44.3 Å². The van der Waals surface area contributed by atoms with E-state index in [0.29, 0.717) is 17.8 Å². The summed E-state index contributed by atoms with van der Waals surface area (Å²) in [7, 11) is 0.0551. The van der Waals surface area contributed by atoms with Crippen molar-refractivity contribution in [3.63, 3.8) is 0 Å². The molecular formula is C17H33BO3. The predicted octanol–water partition coefficient (Wildman–Crippen LogP) is 4.46. The van der Waals surface area contributed by atoms with Crippen molar-refractivity contribution in [1.82, 2.24) is 0 Å². The number of hydrogen-bond acceptors (Lipinski definition) is 3. The lowest BCUT2D eigenvalue weighted by molar-refractivity contribution is 0.0203. The van der Waals surface area contributed by atoms with Crippen LogP contribution in [-0.4, -0.2) is 33.0 Å². The van der Waals surface area contributed by atoms with Gasteiger partial charge in [-0.2, -0.15) is 0 Å². The average molecular weight is 296 g/mol. The van der Waals surface area contributed by atoms with Crippen molar-refractivity contribution >= 4 is 7.12 Å². The Balaban J connectivity index is 1.60. The van der Waals surface area contributed by atoms with E-state index in [1.54, 1.807) is 0 Å². The molecule has 4 heteroatoms. The molecule has 1 saturated carbocycles. The second-order valence-corrected chi connectivity index (χ2v) is 6.80. The maximum Gasteiger partial charge on any atom is 0.460 e. The Hall–Kier alpha value is -0.0551. The third kappa shape index (κ3) is 5.92. The minimum atomic E-state index is 0.0551. The second-order valence-electron chi connectivity index (χ2n) is 6.80. The molecule has 0 atom stereocenters. The molecule has 2 rings (SSSR count). The highest BCUT2D eigenvalue weighted by Crippen LogP contribution is 2.35. The molecule has 21 heavy (non-hydrogen) atoms. The van der Waals surface area contributed by atoms with Crippen LogP contribution in [-0.2, 0) is 14.0 Å². The second kappa shape index (κ2) is 9.86. The van der Waals surface area contributed by atoms with Crippen LogP contribution in [0.5, 0.6) is 0 Å². The van der Waals surface area contributed by atoms with Gasteiger partial charge in [-0.1, -0.05) is 33.1 Å². The zero-order valence-electron chi connectivity index (χ0n) is 14.0. The minimum absolute atomic E-state index is 0.0551. The lowest BCUT2D eigenvalue weighted by atomic mass is 9.63. The Morgan fingerprint density at radius 3 is 2.29 bits per heavy atom.